The lowest BCUT2D eigenvalue weighted by molar-refractivity contribution is -0.158. The lowest BCUT2D eigenvalue weighted by atomic mass is 9.86. The number of nitrogens with zero attached hydrogens (tertiary/aromatic N) is 1. The highest BCUT2D eigenvalue weighted by Crippen LogP contribution is 2.32. The van der Waals surface area contributed by atoms with Gasteiger partial charge in [-0.25, -0.2) is 8.42 Å². The summed E-state index contributed by atoms with van der Waals surface area (Å²) >= 11 is 0. The number of nitrogens with one attached hydrogen (secondary N) is 2. The number of hydrogen-bond acceptors (Lipinski definition) is 4. The van der Waals surface area contributed by atoms with E-state index in [1.54, 1.807) is 29.0 Å². The Morgan fingerprint density at radius 2 is 1.70 bits per heavy atom. The second-order valence-electron chi connectivity index (χ2n) is 10.8. The first-order valence-electron chi connectivity index (χ1n) is 13.8. The Morgan fingerprint density at radius 1 is 0.950 bits per heavy atom. The minimum absolute atomic E-state index is 0.289. The smallest absolute Gasteiger partial charge is 0.349 e. The van der Waals surface area contributed by atoms with Crippen molar-refractivity contribution in [1.29, 1.82) is 0 Å². The first kappa shape index (κ1) is 28.6. The van der Waals surface area contributed by atoms with Crippen LogP contribution in [0.4, 0.5) is 13.2 Å². The monoisotopic (exact) mass is 573 g/mol. The Kier molecular flexibility index (Phi) is 8.49. The van der Waals surface area contributed by atoms with Crippen LogP contribution in [-0.4, -0.2) is 44.5 Å². The molecule has 0 bridgehead atoms. The summed E-state index contributed by atoms with van der Waals surface area (Å²) in [7, 11) is -4.53. The van der Waals surface area contributed by atoms with Crippen molar-refractivity contribution in [3.8, 4) is 0 Å². The number of piperidine rings is 1. The molecule has 1 aliphatic heterocycles. The topological polar surface area (TPSA) is 78.5 Å². The maximum absolute atomic E-state index is 13.9. The molecule has 6 nitrogen and oxygen atoms in total. The summed E-state index contributed by atoms with van der Waals surface area (Å²) < 4.78 is 69.3. The van der Waals surface area contributed by atoms with E-state index < -0.39 is 40.6 Å². The predicted octanol–water partition coefficient (Wildman–Crippen LogP) is 5.62. The lowest BCUT2D eigenvalue weighted by Gasteiger charge is -2.30. The third-order valence-corrected chi connectivity index (χ3v) is 9.29. The molecule has 1 amide bonds. The van der Waals surface area contributed by atoms with E-state index in [1.807, 2.05) is 12.1 Å². The minimum atomic E-state index is -4.95. The summed E-state index contributed by atoms with van der Waals surface area (Å²) in [5.74, 6) is -0.848. The molecule has 0 radical (unpaired) electrons. The zero-order valence-corrected chi connectivity index (χ0v) is 23.0. The van der Waals surface area contributed by atoms with Gasteiger partial charge in [0.05, 0.1) is 17.4 Å². The van der Waals surface area contributed by atoms with Crippen molar-refractivity contribution in [2.45, 2.75) is 74.6 Å². The molecule has 214 valence electrons. The van der Waals surface area contributed by atoms with Gasteiger partial charge in [-0.2, -0.15) is 17.9 Å². The van der Waals surface area contributed by atoms with Crippen molar-refractivity contribution in [2.24, 2.45) is 0 Å². The number of amides is 1. The van der Waals surface area contributed by atoms with Gasteiger partial charge in [0.1, 0.15) is 6.04 Å². The van der Waals surface area contributed by atoms with Crippen LogP contribution in [0.5, 0.6) is 0 Å². The molecule has 1 unspecified atom stereocenters. The first-order chi connectivity index (χ1) is 19.1. The van der Waals surface area contributed by atoms with Gasteiger partial charge in [0.15, 0.2) is 0 Å². The molecule has 3 aromatic rings. The molecule has 3 aromatic carbocycles. The van der Waals surface area contributed by atoms with E-state index in [0.717, 1.165) is 49.0 Å². The van der Waals surface area contributed by atoms with Crippen LogP contribution < -0.4 is 10.0 Å². The standard InChI is InChI=1S/C30H34F3N3O3S/c31-30(32,33)28(35-40(38,39)25-13-12-22-7-2-3-8-23(22)18-25)19-29(37)34-27-10-6-9-24-17-21(11-14-26(24)27)20-36-15-4-1-5-16-36/h2-3,7-8,11-14,17-18,27-28,35H,1,4-6,9-10,15-16,19-20H2,(H,34,37)/t27?,28-/m1/s1. The van der Waals surface area contributed by atoms with Crippen LogP contribution in [0.2, 0.25) is 0 Å². The zero-order chi connectivity index (χ0) is 28.3. The Bertz CT molecular complexity index is 1470. The number of benzene rings is 3. The predicted molar refractivity (Wildman–Crippen MR) is 148 cm³/mol. The van der Waals surface area contributed by atoms with E-state index in [-0.39, 0.29) is 4.90 Å². The number of carbonyl (C=O) groups is 1. The largest absolute Gasteiger partial charge is 0.405 e. The highest BCUT2D eigenvalue weighted by atomic mass is 32.2. The fraction of sp³-hybridized carbons (Fsp3) is 0.433. The molecular formula is C30H34F3N3O3S. The third-order valence-electron chi connectivity index (χ3n) is 7.83. The van der Waals surface area contributed by atoms with E-state index in [4.69, 9.17) is 0 Å². The SMILES string of the molecule is O=C(C[C@@H](NS(=O)(=O)c1ccc2ccccc2c1)C(F)(F)F)NC1CCCc2cc(CN3CCCCC3)ccc21. The number of fused-ring (bicyclic) bond motifs is 2. The van der Waals surface area contributed by atoms with Crippen LogP contribution in [0, 0.1) is 0 Å². The fourth-order valence-corrected chi connectivity index (χ4v) is 7.00. The van der Waals surface area contributed by atoms with Crippen molar-refractivity contribution in [2.75, 3.05) is 13.1 Å². The van der Waals surface area contributed by atoms with Gasteiger partial charge in [0, 0.05) is 6.54 Å². The van der Waals surface area contributed by atoms with Gasteiger partial charge < -0.3 is 5.32 Å². The average Bonchev–Trinajstić information content (AvgIpc) is 2.92. The highest BCUT2D eigenvalue weighted by molar-refractivity contribution is 7.89. The molecular weight excluding hydrogens is 539 g/mol. The number of halogens is 3. The van der Waals surface area contributed by atoms with Gasteiger partial charge >= 0.3 is 6.18 Å². The molecule has 2 N–H and O–H groups in total. The molecule has 1 aliphatic carbocycles. The van der Waals surface area contributed by atoms with Crippen molar-refractivity contribution in [3.63, 3.8) is 0 Å². The highest BCUT2D eigenvalue weighted by Gasteiger charge is 2.44. The zero-order valence-electron chi connectivity index (χ0n) is 22.2. The van der Waals surface area contributed by atoms with Crippen LogP contribution in [-0.2, 0) is 27.8 Å². The van der Waals surface area contributed by atoms with E-state index in [2.05, 4.69) is 16.3 Å². The third kappa shape index (κ3) is 6.85. The Morgan fingerprint density at radius 3 is 2.45 bits per heavy atom. The fourth-order valence-electron chi connectivity index (χ4n) is 5.74. The summed E-state index contributed by atoms with van der Waals surface area (Å²) in [6.45, 7) is 3.04. The Hall–Kier alpha value is -2.95. The van der Waals surface area contributed by atoms with Crippen molar-refractivity contribution in [3.05, 3.63) is 77.4 Å². The summed E-state index contributed by atoms with van der Waals surface area (Å²) in [5, 5.41) is 4.09. The van der Waals surface area contributed by atoms with Crippen LogP contribution in [0.25, 0.3) is 10.8 Å². The van der Waals surface area contributed by atoms with E-state index >= 15 is 0 Å². The van der Waals surface area contributed by atoms with Crippen LogP contribution in [0.15, 0.2) is 65.6 Å². The Balaban J connectivity index is 1.26. The maximum Gasteiger partial charge on any atom is 0.405 e. The molecule has 1 saturated heterocycles. The van der Waals surface area contributed by atoms with Gasteiger partial charge in [-0.3, -0.25) is 9.69 Å². The molecule has 2 aliphatic rings. The molecule has 0 aromatic heterocycles. The number of alkyl halides is 3. The van der Waals surface area contributed by atoms with Gasteiger partial charge in [0.2, 0.25) is 15.9 Å². The molecule has 1 heterocycles. The molecule has 5 rings (SSSR count). The van der Waals surface area contributed by atoms with E-state index in [1.165, 1.54) is 43.0 Å². The van der Waals surface area contributed by atoms with Crippen LogP contribution in [0.3, 0.4) is 0 Å². The van der Waals surface area contributed by atoms with E-state index in [0.29, 0.717) is 11.8 Å². The van der Waals surface area contributed by atoms with Crippen LogP contribution >= 0.6 is 0 Å². The number of sulfonamides is 1. The second kappa shape index (κ2) is 11.9. The number of likely N-dealkylation sites (tertiary alicyclic amines) is 1. The summed E-state index contributed by atoms with van der Waals surface area (Å²) in [4.78, 5) is 15.0. The molecule has 10 heteroatoms. The molecule has 0 spiro atoms. The molecule has 2 atom stereocenters. The maximum atomic E-state index is 13.9. The van der Waals surface area contributed by atoms with Crippen molar-refractivity contribution in [1.82, 2.24) is 14.9 Å². The van der Waals surface area contributed by atoms with Gasteiger partial charge in [-0.15, -0.1) is 0 Å². The summed E-state index contributed by atoms with van der Waals surface area (Å²) in [6.07, 6.45) is -0.0441. The summed E-state index contributed by atoms with van der Waals surface area (Å²) in [5.41, 5.74) is 3.23. The average molecular weight is 574 g/mol. The van der Waals surface area contributed by atoms with Gasteiger partial charge in [-0.05, 0) is 84.8 Å². The number of rotatable bonds is 8. The van der Waals surface area contributed by atoms with Gasteiger partial charge in [-0.1, -0.05) is 55.0 Å². The van der Waals surface area contributed by atoms with Crippen molar-refractivity contribution < 1.29 is 26.4 Å². The molecule has 40 heavy (non-hydrogen) atoms. The lowest BCUT2D eigenvalue weighted by Crippen LogP contribution is -2.48. The Labute approximate surface area is 233 Å². The van der Waals surface area contributed by atoms with Gasteiger partial charge in [0.25, 0.3) is 0 Å². The quantitative estimate of drug-likeness (QED) is 0.367. The number of carbonyl (C=O) groups excluding carboxylic acids is 1. The first-order valence-corrected chi connectivity index (χ1v) is 15.3. The minimum Gasteiger partial charge on any atom is -0.349 e. The number of hydrogen-bond donors (Lipinski definition) is 2. The number of aryl methyl sites for hydroxylation is 1. The normalized spacial score (nSPS) is 19.2. The summed E-state index contributed by atoms with van der Waals surface area (Å²) in [6, 6.07) is 14.3. The van der Waals surface area contributed by atoms with E-state index in [9.17, 15) is 26.4 Å². The second-order valence-corrected chi connectivity index (χ2v) is 12.5. The molecule has 0 saturated carbocycles. The molecule has 1 fully saturated rings. The van der Waals surface area contributed by atoms with Crippen molar-refractivity contribution >= 4 is 26.7 Å². The van der Waals surface area contributed by atoms with Crippen LogP contribution in [0.1, 0.15) is 61.3 Å².